The first-order valence-corrected chi connectivity index (χ1v) is 14.0. The highest BCUT2D eigenvalue weighted by atomic mass is 35.5. The van der Waals surface area contributed by atoms with E-state index in [0.717, 1.165) is 58.7 Å². The quantitative estimate of drug-likeness (QED) is 0.254. The summed E-state index contributed by atoms with van der Waals surface area (Å²) in [5, 5.41) is 15.7. The van der Waals surface area contributed by atoms with Crippen LogP contribution < -0.4 is 19.5 Å². The average Bonchev–Trinajstić information content (AvgIpc) is 3.43. The SMILES string of the molecule is CCN1C(=Cc2sc3ccc(NC4CC4c4cc(C)c(O)c(C)c4)cc3[n+]2CC)Oc2ccc(Cl)cc21. The minimum Gasteiger partial charge on any atom is -0.507 e. The zero-order valence-corrected chi connectivity index (χ0v) is 23.1. The maximum atomic E-state index is 10.1. The highest BCUT2D eigenvalue weighted by Crippen LogP contribution is 2.45. The van der Waals surface area contributed by atoms with Crippen LogP contribution in [0.4, 0.5) is 11.4 Å². The van der Waals surface area contributed by atoms with Gasteiger partial charge >= 0.3 is 0 Å². The lowest BCUT2D eigenvalue weighted by molar-refractivity contribution is -0.665. The molecule has 1 fully saturated rings. The van der Waals surface area contributed by atoms with Crippen molar-refractivity contribution in [1.29, 1.82) is 0 Å². The van der Waals surface area contributed by atoms with Crippen LogP contribution in [0.15, 0.2) is 54.4 Å². The summed E-state index contributed by atoms with van der Waals surface area (Å²) < 4.78 is 9.82. The van der Waals surface area contributed by atoms with Crippen LogP contribution in [0.2, 0.25) is 5.02 Å². The first-order valence-electron chi connectivity index (χ1n) is 12.9. The Hall–Kier alpha value is -3.22. The van der Waals surface area contributed by atoms with Crippen LogP contribution in [-0.2, 0) is 6.54 Å². The van der Waals surface area contributed by atoms with Crippen molar-refractivity contribution in [2.75, 3.05) is 16.8 Å². The number of nitrogens with one attached hydrogen (secondary N) is 1. The zero-order chi connectivity index (χ0) is 25.8. The average molecular weight is 533 g/mol. The molecule has 2 atom stereocenters. The Labute approximate surface area is 226 Å². The Morgan fingerprint density at radius 3 is 2.65 bits per heavy atom. The Balaban J connectivity index is 1.26. The van der Waals surface area contributed by atoms with Gasteiger partial charge in [0, 0.05) is 35.3 Å². The van der Waals surface area contributed by atoms with E-state index < -0.39 is 0 Å². The molecular weight excluding hydrogens is 502 g/mol. The third-order valence-corrected chi connectivity index (χ3v) is 8.73. The molecule has 2 heterocycles. The van der Waals surface area contributed by atoms with Gasteiger partial charge in [-0.3, -0.25) is 0 Å². The molecule has 3 aromatic carbocycles. The Bertz CT molecular complexity index is 1540. The number of aromatic hydroxyl groups is 1. The molecule has 2 aliphatic rings. The molecule has 1 aliphatic heterocycles. The van der Waals surface area contributed by atoms with Crippen LogP contribution >= 0.6 is 22.9 Å². The molecule has 7 heteroatoms. The minimum absolute atomic E-state index is 0.407. The number of phenols is 1. The molecule has 1 aliphatic carbocycles. The van der Waals surface area contributed by atoms with Crippen molar-refractivity contribution in [2.45, 2.75) is 52.6 Å². The van der Waals surface area contributed by atoms with E-state index in [-0.39, 0.29) is 0 Å². The lowest BCUT2D eigenvalue weighted by Crippen LogP contribution is -2.34. The number of ether oxygens (including phenoxy) is 1. The number of hydrogen-bond donors (Lipinski definition) is 2. The summed E-state index contributed by atoms with van der Waals surface area (Å²) in [5.41, 5.74) is 6.57. The molecule has 2 unspecified atom stereocenters. The van der Waals surface area contributed by atoms with Gasteiger partial charge in [-0.1, -0.05) is 35.1 Å². The van der Waals surface area contributed by atoms with Gasteiger partial charge in [-0.2, -0.15) is 4.57 Å². The number of thiazole rings is 1. The summed E-state index contributed by atoms with van der Waals surface area (Å²) in [5.74, 6) is 2.55. The van der Waals surface area contributed by atoms with Gasteiger partial charge in [-0.25, -0.2) is 0 Å². The van der Waals surface area contributed by atoms with Crippen LogP contribution in [0.3, 0.4) is 0 Å². The standard InChI is InChI=1S/C30H30ClN3O2S/c1-5-33-24-13-20(31)7-9-26(24)36-28(33)16-29-34(6-2)25-14-21(8-10-27(25)37-29)32-23-15-22(23)19-11-17(3)30(35)18(4)12-19/h7-14,16,22-23,32H,5-6,15H2,1-4H3/p+1. The van der Waals surface area contributed by atoms with Crippen LogP contribution in [0.1, 0.15) is 47.9 Å². The van der Waals surface area contributed by atoms with E-state index in [2.05, 4.69) is 65.0 Å². The van der Waals surface area contributed by atoms with E-state index in [0.29, 0.717) is 22.7 Å². The number of hydrogen-bond acceptors (Lipinski definition) is 5. The summed E-state index contributed by atoms with van der Waals surface area (Å²) in [4.78, 5) is 2.17. The fraction of sp³-hybridized carbons (Fsp3) is 0.300. The Kier molecular flexibility index (Phi) is 6.04. The van der Waals surface area contributed by atoms with E-state index in [1.54, 1.807) is 11.3 Å². The molecule has 0 spiro atoms. The number of phenolic OH excluding ortho intramolecular Hbond substituents is 1. The molecule has 1 saturated carbocycles. The van der Waals surface area contributed by atoms with Crippen LogP contribution in [0.25, 0.3) is 16.3 Å². The molecule has 190 valence electrons. The molecule has 0 saturated heterocycles. The lowest BCUT2D eigenvalue weighted by atomic mass is 10.0. The van der Waals surface area contributed by atoms with Gasteiger partial charge in [-0.15, -0.1) is 0 Å². The number of anilines is 2. The van der Waals surface area contributed by atoms with Gasteiger partial charge in [0.25, 0.3) is 5.01 Å². The molecule has 1 aromatic heterocycles. The highest BCUT2D eigenvalue weighted by molar-refractivity contribution is 7.18. The van der Waals surface area contributed by atoms with Gasteiger partial charge in [0.1, 0.15) is 17.0 Å². The second-order valence-electron chi connectivity index (χ2n) is 9.90. The third-order valence-electron chi connectivity index (χ3n) is 7.39. The largest absolute Gasteiger partial charge is 0.507 e. The number of fused-ring (bicyclic) bond motifs is 2. The summed E-state index contributed by atoms with van der Waals surface area (Å²) in [6.45, 7) is 9.92. The highest BCUT2D eigenvalue weighted by Gasteiger charge is 2.39. The van der Waals surface area contributed by atoms with E-state index in [9.17, 15) is 5.11 Å². The second-order valence-corrected chi connectivity index (χ2v) is 11.4. The zero-order valence-electron chi connectivity index (χ0n) is 21.5. The summed E-state index contributed by atoms with van der Waals surface area (Å²) in [6.07, 6.45) is 3.25. The predicted octanol–water partition coefficient (Wildman–Crippen LogP) is 7.37. The van der Waals surface area contributed by atoms with Crippen molar-refractivity contribution in [3.8, 4) is 11.5 Å². The molecule has 37 heavy (non-hydrogen) atoms. The molecular formula is C30H31ClN3O2S+. The van der Waals surface area contributed by atoms with E-state index >= 15 is 0 Å². The summed E-state index contributed by atoms with van der Waals surface area (Å²) in [7, 11) is 0. The maximum absolute atomic E-state index is 10.1. The topological polar surface area (TPSA) is 48.6 Å². The second kappa shape index (κ2) is 9.26. The van der Waals surface area contributed by atoms with Crippen LogP contribution in [-0.4, -0.2) is 17.7 Å². The van der Waals surface area contributed by atoms with Crippen molar-refractivity contribution in [3.63, 3.8) is 0 Å². The molecule has 4 aromatic rings. The molecule has 0 amide bonds. The van der Waals surface area contributed by atoms with Gasteiger partial charge in [-0.05, 0) is 81.1 Å². The van der Waals surface area contributed by atoms with Crippen LogP contribution in [0, 0.1) is 13.8 Å². The Morgan fingerprint density at radius 2 is 1.92 bits per heavy atom. The van der Waals surface area contributed by atoms with Crippen molar-refractivity contribution in [3.05, 3.63) is 81.1 Å². The van der Waals surface area contributed by atoms with Gasteiger partial charge in [0.05, 0.1) is 11.8 Å². The summed E-state index contributed by atoms with van der Waals surface area (Å²) in [6, 6.07) is 17.1. The normalized spacial score (nSPS) is 19.4. The van der Waals surface area contributed by atoms with Crippen molar-refractivity contribution in [1.82, 2.24) is 0 Å². The fourth-order valence-corrected chi connectivity index (χ4v) is 6.68. The molecule has 5 nitrogen and oxygen atoms in total. The molecule has 2 N–H and O–H groups in total. The number of aryl methyl sites for hydroxylation is 3. The van der Waals surface area contributed by atoms with Gasteiger partial charge < -0.3 is 20.1 Å². The minimum atomic E-state index is 0.407. The molecule has 0 bridgehead atoms. The van der Waals surface area contributed by atoms with Crippen molar-refractivity contribution < 1.29 is 14.4 Å². The van der Waals surface area contributed by atoms with E-state index in [1.807, 2.05) is 32.0 Å². The number of benzene rings is 3. The number of halogens is 1. The van der Waals surface area contributed by atoms with Gasteiger partial charge in [0.2, 0.25) is 11.4 Å². The molecule has 0 radical (unpaired) electrons. The maximum Gasteiger partial charge on any atom is 0.268 e. The number of nitrogens with zero attached hydrogens (tertiary/aromatic N) is 2. The van der Waals surface area contributed by atoms with Crippen molar-refractivity contribution in [2.24, 2.45) is 0 Å². The molecule has 6 rings (SSSR count). The van der Waals surface area contributed by atoms with Crippen molar-refractivity contribution >= 4 is 50.6 Å². The fourth-order valence-electron chi connectivity index (χ4n) is 5.38. The van der Waals surface area contributed by atoms with E-state index in [4.69, 9.17) is 16.3 Å². The van der Waals surface area contributed by atoms with Gasteiger partial charge in [0.15, 0.2) is 5.75 Å². The summed E-state index contributed by atoms with van der Waals surface area (Å²) >= 11 is 8.03. The first-order chi connectivity index (χ1) is 17.9. The monoisotopic (exact) mass is 532 g/mol. The smallest absolute Gasteiger partial charge is 0.268 e. The lowest BCUT2D eigenvalue weighted by Gasteiger charge is -2.14. The van der Waals surface area contributed by atoms with E-state index in [1.165, 1.54) is 15.8 Å². The Morgan fingerprint density at radius 1 is 1.14 bits per heavy atom. The first kappa shape index (κ1) is 24.1. The third kappa shape index (κ3) is 4.32. The number of rotatable bonds is 6. The van der Waals surface area contributed by atoms with Crippen LogP contribution in [0.5, 0.6) is 11.5 Å². The number of aromatic nitrogens is 1. The predicted molar refractivity (Wildman–Crippen MR) is 153 cm³/mol.